The monoisotopic (exact) mass is 208 g/mol. The van der Waals surface area contributed by atoms with E-state index in [4.69, 9.17) is 5.11 Å². The van der Waals surface area contributed by atoms with Crippen LogP contribution in [0.25, 0.3) is 0 Å². The number of rotatable bonds is 5. The van der Waals surface area contributed by atoms with Crippen molar-refractivity contribution in [1.82, 2.24) is 4.98 Å². The first-order valence-corrected chi connectivity index (χ1v) is 5.03. The SMILES string of the molecule is CCCN(CC(=O)O)c1ccnc(C)c1. The Balaban J connectivity index is 2.83. The topological polar surface area (TPSA) is 53.4 Å². The molecule has 0 saturated heterocycles. The van der Waals surface area contributed by atoms with E-state index < -0.39 is 5.97 Å². The van der Waals surface area contributed by atoms with Crippen LogP contribution in [-0.2, 0) is 4.79 Å². The highest BCUT2D eigenvalue weighted by molar-refractivity contribution is 5.73. The van der Waals surface area contributed by atoms with Crippen LogP contribution in [0.2, 0.25) is 0 Å². The van der Waals surface area contributed by atoms with E-state index in [-0.39, 0.29) is 6.54 Å². The van der Waals surface area contributed by atoms with Crippen molar-refractivity contribution in [1.29, 1.82) is 0 Å². The number of aryl methyl sites for hydroxylation is 1. The van der Waals surface area contributed by atoms with Crippen LogP contribution in [0.4, 0.5) is 5.69 Å². The number of anilines is 1. The molecule has 1 aromatic rings. The van der Waals surface area contributed by atoms with Gasteiger partial charge in [0.15, 0.2) is 0 Å². The summed E-state index contributed by atoms with van der Waals surface area (Å²) in [7, 11) is 0. The van der Waals surface area contributed by atoms with E-state index in [2.05, 4.69) is 4.98 Å². The van der Waals surface area contributed by atoms with Crippen molar-refractivity contribution in [3.63, 3.8) is 0 Å². The van der Waals surface area contributed by atoms with Gasteiger partial charge in [-0.3, -0.25) is 9.78 Å². The average Bonchev–Trinajstić information content (AvgIpc) is 2.16. The third-order valence-electron chi connectivity index (χ3n) is 2.07. The zero-order valence-electron chi connectivity index (χ0n) is 9.10. The van der Waals surface area contributed by atoms with Crippen molar-refractivity contribution in [3.8, 4) is 0 Å². The first kappa shape index (κ1) is 11.5. The lowest BCUT2D eigenvalue weighted by molar-refractivity contribution is -0.135. The summed E-state index contributed by atoms with van der Waals surface area (Å²) in [5.41, 5.74) is 1.82. The minimum Gasteiger partial charge on any atom is -0.480 e. The lowest BCUT2D eigenvalue weighted by atomic mass is 10.3. The normalized spacial score (nSPS) is 10.0. The van der Waals surface area contributed by atoms with Gasteiger partial charge in [0.1, 0.15) is 6.54 Å². The van der Waals surface area contributed by atoms with Crippen LogP contribution in [-0.4, -0.2) is 29.1 Å². The maximum absolute atomic E-state index is 10.7. The fourth-order valence-corrected chi connectivity index (χ4v) is 1.46. The molecule has 0 amide bonds. The van der Waals surface area contributed by atoms with Crippen molar-refractivity contribution < 1.29 is 9.90 Å². The number of aromatic nitrogens is 1. The maximum atomic E-state index is 10.7. The molecule has 0 saturated carbocycles. The molecule has 4 heteroatoms. The molecule has 0 aliphatic heterocycles. The van der Waals surface area contributed by atoms with Gasteiger partial charge in [0.05, 0.1) is 0 Å². The van der Waals surface area contributed by atoms with E-state index in [0.29, 0.717) is 0 Å². The Bertz CT molecular complexity index is 339. The summed E-state index contributed by atoms with van der Waals surface area (Å²) in [4.78, 5) is 16.6. The fraction of sp³-hybridized carbons (Fsp3) is 0.455. The van der Waals surface area contributed by atoms with E-state index >= 15 is 0 Å². The molecule has 1 N–H and O–H groups in total. The van der Waals surface area contributed by atoms with Gasteiger partial charge in [-0.15, -0.1) is 0 Å². The highest BCUT2D eigenvalue weighted by atomic mass is 16.4. The summed E-state index contributed by atoms with van der Waals surface area (Å²) in [6, 6.07) is 3.74. The number of nitrogens with zero attached hydrogens (tertiary/aromatic N) is 2. The van der Waals surface area contributed by atoms with Crippen LogP contribution < -0.4 is 4.90 Å². The quantitative estimate of drug-likeness (QED) is 0.800. The Hall–Kier alpha value is -1.58. The number of pyridine rings is 1. The van der Waals surface area contributed by atoms with Crippen molar-refractivity contribution in [2.24, 2.45) is 0 Å². The maximum Gasteiger partial charge on any atom is 0.323 e. The van der Waals surface area contributed by atoms with E-state index in [9.17, 15) is 4.79 Å². The van der Waals surface area contributed by atoms with Gasteiger partial charge in [-0.25, -0.2) is 0 Å². The Morgan fingerprint density at radius 1 is 1.60 bits per heavy atom. The van der Waals surface area contributed by atoms with E-state index in [1.165, 1.54) is 0 Å². The summed E-state index contributed by atoms with van der Waals surface area (Å²) in [5.74, 6) is -0.807. The number of carboxylic acids is 1. The number of aliphatic carboxylic acids is 1. The van der Waals surface area contributed by atoms with E-state index in [1.54, 1.807) is 6.20 Å². The standard InChI is InChI=1S/C11H16N2O2/c1-3-6-13(8-11(14)15)10-4-5-12-9(2)7-10/h4-5,7H,3,6,8H2,1-2H3,(H,14,15). The van der Waals surface area contributed by atoms with Crippen LogP contribution in [0.15, 0.2) is 18.3 Å². The summed E-state index contributed by atoms with van der Waals surface area (Å²) in [6.45, 7) is 4.71. The Morgan fingerprint density at radius 2 is 2.33 bits per heavy atom. The van der Waals surface area contributed by atoms with Crippen molar-refractivity contribution in [3.05, 3.63) is 24.0 Å². The second-order valence-electron chi connectivity index (χ2n) is 3.47. The Kier molecular flexibility index (Phi) is 4.09. The third-order valence-corrected chi connectivity index (χ3v) is 2.07. The molecule has 0 aromatic carbocycles. The van der Waals surface area contributed by atoms with Crippen molar-refractivity contribution in [2.75, 3.05) is 18.0 Å². The molecular formula is C11H16N2O2. The molecule has 82 valence electrons. The number of hydrogen-bond acceptors (Lipinski definition) is 3. The Labute approximate surface area is 89.6 Å². The zero-order chi connectivity index (χ0) is 11.3. The molecule has 1 rings (SSSR count). The van der Waals surface area contributed by atoms with E-state index in [1.807, 2.05) is 30.9 Å². The first-order valence-electron chi connectivity index (χ1n) is 5.03. The number of carboxylic acid groups (broad SMARTS) is 1. The number of carbonyl (C=O) groups is 1. The van der Waals surface area contributed by atoms with Crippen LogP contribution in [0.1, 0.15) is 19.0 Å². The fourth-order valence-electron chi connectivity index (χ4n) is 1.46. The van der Waals surface area contributed by atoms with Crippen LogP contribution in [0.3, 0.4) is 0 Å². The largest absolute Gasteiger partial charge is 0.480 e. The van der Waals surface area contributed by atoms with Crippen molar-refractivity contribution >= 4 is 11.7 Å². The predicted molar refractivity (Wildman–Crippen MR) is 59.1 cm³/mol. The zero-order valence-corrected chi connectivity index (χ0v) is 9.10. The van der Waals surface area contributed by atoms with Gasteiger partial charge in [-0.1, -0.05) is 6.92 Å². The molecule has 0 atom stereocenters. The van der Waals surface area contributed by atoms with Crippen LogP contribution in [0, 0.1) is 6.92 Å². The molecule has 0 radical (unpaired) electrons. The molecule has 1 aromatic heterocycles. The van der Waals surface area contributed by atoms with Gasteiger partial charge >= 0.3 is 5.97 Å². The molecule has 15 heavy (non-hydrogen) atoms. The molecule has 0 unspecified atom stereocenters. The second-order valence-corrected chi connectivity index (χ2v) is 3.47. The van der Waals surface area contributed by atoms with Gasteiger partial charge in [0.25, 0.3) is 0 Å². The number of hydrogen-bond donors (Lipinski definition) is 1. The van der Waals surface area contributed by atoms with Crippen molar-refractivity contribution in [2.45, 2.75) is 20.3 Å². The third kappa shape index (κ3) is 3.58. The molecule has 4 nitrogen and oxygen atoms in total. The lowest BCUT2D eigenvalue weighted by Crippen LogP contribution is -2.30. The second kappa shape index (κ2) is 5.34. The Morgan fingerprint density at radius 3 is 2.87 bits per heavy atom. The minimum absolute atomic E-state index is 0.0390. The highest BCUT2D eigenvalue weighted by Gasteiger charge is 2.09. The van der Waals surface area contributed by atoms with Gasteiger partial charge < -0.3 is 10.0 Å². The van der Waals surface area contributed by atoms with Gasteiger partial charge in [-0.2, -0.15) is 0 Å². The molecular weight excluding hydrogens is 192 g/mol. The molecule has 0 aliphatic carbocycles. The van der Waals surface area contributed by atoms with E-state index in [0.717, 1.165) is 24.3 Å². The summed E-state index contributed by atoms with van der Waals surface area (Å²) >= 11 is 0. The van der Waals surface area contributed by atoms with Gasteiger partial charge in [-0.05, 0) is 25.5 Å². The smallest absolute Gasteiger partial charge is 0.323 e. The lowest BCUT2D eigenvalue weighted by Gasteiger charge is -2.22. The molecule has 0 spiro atoms. The van der Waals surface area contributed by atoms with Crippen LogP contribution >= 0.6 is 0 Å². The average molecular weight is 208 g/mol. The summed E-state index contributed by atoms with van der Waals surface area (Å²) in [5, 5.41) is 8.78. The molecule has 1 heterocycles. The minimum atomic E-state index is -0.807. The molecule has 0 fully saturated rings. The van der Waals surface area contributed by atoms with Gasteiger partial charge in [0.2, 0.25) is 0 Å². The highest BCUT2D eigenvalue weighted by Crippen LogP contribution is 2.14. The first-order chi connectivity index (χ1) is 7.13. The predicted octanol–water partition coefficient (Wildman–Crippen LogP) is 1.69. The van der Waals surface area contributed by atoms with Crippen LogP contribution in [0.5, 0.6) is 0 Å². The summed E-state index contributed by atoms with van der Waals surface area (Å²) < 4.78 is 0. The van der Waals surface area contributed by atoms with Gasteiger partial charge in [0, 0.05) is 24.1 Å². The summed E-state index contributed by atoms with van der Waals surface area (Å²) in [6.07, 6.45) is 2.63. The molecule has 0 bridgehead atoms. The molecule has 0 aliphatic rings.